The van der Waals surface area contributed by atoms with E-state index in [0.29, 0.717) is 43.0 Å². The van der Waals surface area contributed by atoms with Crippen LogP contribution in [0.1, 0.15) is 49.0 Å². The number of nitrogens with zero attached hydrogens (tertiary/aromatic N) is 2. The minimum atomic E-state index is -3.89. The molecule has 2 aromatic carbocycles. The third kappa shape index (κ3) is 6.05. The van der Waals surface area contributed by atoms with Gasteiger partial charge in [-0.05, 0) is 62.4 Å². The Hall–Kier alpha value is -3.01. The van der Waals surface area contributed by atoms with Gasteiger partial charge in [-0.3, -0.25) is 9.69 Å². The fourth-order valence-electron chi connectivity index (χ4n) is 6.16. The van der Waals surface area contributed by atoms with Crippen molar-refractivity contribution < 1.29 is 22.7 Å². The number of likely N-dealkylation sites (tertiary alicyclic amines) is 1. The second-order valence-corrected chi connectivity index (χ2v) is 14.3. The number of nitrogens with one attached hydrogen (secondary N) is 1. The minimum Gasteiger partial charge on any atom is -0.493 e. The summed E-state index contributed by atoms with van der Waals surface area (Å²) in [5.41, 5.74) is 1.74. The van der Waals surface area contributed by atoms with Crippen LogP contribution in [0.15, 0.2) is 61.7 Å². The Labute approximate surface area is 254 Å². The second-order valence-electron chi connectivity index (χ2n) is 11.8. The van der Waals surface area contributed by atoms with E-state index in [1.165, 1.54) is 0 Å². The number of hydrogen-bond acceptors (Lipinski definition) is 7. The van der Waals surface area contributed by atoms with Gasteiger partial charge in [0.2, 0.25) is 10.0 Å². The lowest BCUT2D eigenvalue weighted by Gasteiger charge is -2.46. The zero-order valence-corrected chi connectivity index (χ0v) is 25.9. The summed E-state index contributed by atoms with van der Waals surface area (Å²) >= 11 is 6.30. The average Bonchev–Trinajstić information content (AvgIpc) is 3.10. The fourth-order valence-corrected chi connectivity index (χ4v) is 7.61. The molecule has 1 spiro atoms. The molecule has 2 aromatic rings. The summed E-state index contributed by atoms with van der Waals surface area (Å²) in [5, 5.41) is -0.134. The van der Waals surface area contributed by atoms with Crippen LogP contribution in [0, 0.1) is 5.92 Å². The van der Waals surface area contributed by atoms with Crippen molar-refractivity contribution >= 4 is 33.2 Å². The van der Waals surface area contributed by atoms with Crippen LogP contribution < -0.4 is 19.1 Å². The predicted molar refractivity (Wildman–Crippen MR) is 167 cm³/mol. The van der Waals surface area contributed by atoms with Crippen molar-refractivity contribution in [3.8, 4) is 11.5 Å². The molecular formula is C32H40ClN3O5S. The summed E-state index contributed by atoms with van der Waals surface area (Å²) in [6, 6.07) is 11.3. The van der Waals surface area contributed by atoms with Crippen LogP contribution in [0.4, 0.5) is 5.69 Å². The summed E-state index contributed by atoms with van der Waals surface area (Å²) in [5.74, 6) is 0.594. The maximum absolute atomic E-state index is 13.3. The van der Waals surface area contributed by atoms with Crippen molar-refractivity contribution in [3.63, 3.8) is 0 Å². The molecule has 1 saturated heterocycles. The Kier molecular flexibility index (Phi) is 8.92. The van der Waals surface area contributed by atoms with Crippen molar-refractivity contribution in [1.29, 1.82) is 0 Å². The Morgan fingerprint density at radius 2 is 1.98 bits per heavy atom. The fraction of sp³-hybridized carbons (Fsp3) is 0.469. The Morgan fingerprint density at radius 1 is 1.17 bits per heavy atom. The average molecular weight is 614 g/mol. The van der Waals surface area contributed by atoms with Gasteiger partial charge in [0.25, 0.3) is 5.91 Å². The lowest BCUT2D eigenvalue weighted by atomic mass is 9.76. The van der Waals surface area contributed by atoms with E-state index < -0.39 is 21.2 Å². The smallest absolute Gasteiger partial charge is 0.264 e. The van der Waals surface area contributed by atoms with E-state index in [-0.39, 0.29) is 16.9 Å². The zero-order chi connectivity index (χ0) is 30.1. The number of amides is 1. The first kappa shape index (κ1) is 30.4. The third-order valence-electron chi connectivity index (χ3n) is 9.04. The molecule has 5 rings (SSSR count). The van der Waals surface area contributed by atoms with Crippen molar-refractivity contribution in [1.82, 2.24) is 9.62 Å². The molecule has 1 N–H and O–H groups in total. The van der Waals surface area contributed by atoms with Crippen molar-refractivity contribution in [2.75, 3.05) is 44.3 Å². The highest BCUT2D eigenvalue weighted by atomic mass is 35.5. The predicted octanol–water partition coefficient (Wildman–Crippen LogP) is 5.18. The van der Waals surface area contributed by atoms with Crippen LogP contribution in [0.25, 0.3) is 0 Å². The number of benzene rings is 2. The van der Waals surface area contributed by atoms with Crippen LogP contribution in [-0.2, 0) is 15.4 Å². The normalized spacial score (nSPS) is 23.2. The molecule has 8 nitrogen and oxygen atoms in total. The Balaban J connectivity index is 1.48. The number of fused-ring (bicyclic) bond motifs is 3. The van der Waals surface area contributed by atoms with Crippen molar-refractivity contribution in [3.05, 3.63) is 77.9 Å². The van der Waals surface area contributed by atoms with E-state index in [4.69, 9.17) is 21.1 Å². The summed E-state index contributed by atoms with van der Waals surface area (Å²) < 4.78 is 40.9. The monoisotopic (exact) mass is 613 g/mol. The number of rotatable bonds is 10. The quantitative estimate of drug-likeness (QED) is 0.370. The molecule has 226 valence electrons. The van der Waals surface area contributed by atoms with Crippen molar-refractivity contribution in [2.45, 2.75) is 49.8 Å². The van der Waals surface area contributed by atoms with E-state index in [9.17, 15) is 13.2 Å². The van der Waals surface area contributed by atoms with Crippen LogP contribution in [0.5, 0.6) is 11.5 Å². The molecule has 0 bridgehead atoms. The van der Waals surface area contributed by atoms with E-state index >= 15 is 0 Å². The number of allylic oxidation sites excluding steroid dienone is 1. The molecular weight excluding hydrogens is 574 g/mol. The number of sulfonamides is 1. The maximum Gasteiger partial charge on any atom is 0.264 e. The zero-order valence-electron chi connectivity index (χ0n) is 24.4. The van der Waals surface area contributed by atoms with Crippen LogP contribution in [-0.4, -0.2) is 69.9 Å². The molecule has 3 unspecified atom stereocenters. The molecule has 3 heterocycles. The van der Waals surface area contributed by atoms with Gasteiger partial charge in [0, 0.05) is 48.4 Å². The second kappa shape index (κ2) is 12.3. The molecule has 0 saturated carbocycles. The number of anilines is 1. The first-order valence-corrected chi connectivity index (χ1v) is 16.5. The number of ether oxygens (including phenoxy) is 2. The molecule has 3 aliphatic heterocycles. The topological polar surface area (TPSA) is 88.2 Å². The molecule has 1 fully saturated rings. The first-order valence-electron chi connectivity index (χ1n) is 14.5. The third-order valence-corrected chi connectivity index (χ3v) is 11.2. The molecule has 3 aliphatic rings. The van der Waals surface area contributed by atoms with Gasteiger partial charge >= 0.3 is 0 Å². The van der Waals surface area contributed by atoms with Crippen LogP contribution >= 0.6 is 11.6 Å². The Bertz CT molecular complexity index is 1460. The van der Waals surface area contributed by atoms with E-state index in [1.807, 2.05) is 31.2 Å². The van der Waals surface area contributed by atoms with Gasteiger partial charge in [-0.25, -0.2) is 13.1 Å². The minimum absolute atomic E-state index is 0.182. The van der Waals surface area contributed by atoms with Gasteiger partial charge in [0.15, 0.2) is 0 Å². The highest BCUT2D eigenvalue weighted by Crippen LogP contribution is 2.45. The van der Waals surface area contributed by atoms with Crippen LogP contribution in [0.3, 0.4) is 0 Å². The van der Waals surface area contributed by atoms with Gasteiger partial charge < -0.3 is 14.4 Å². The lowest BCUT2D eigenvalue weighted by Crippen LogP contribution is -2.55. The lowest BCUT2D eigenvalue weighted by molar-refractivity contribution is 0.0981. The SMILES string of the molecule is C=CCC(C)C(C)S(=O)(=O)NC(=O)c1ccc2c(c1)N(C[C@@H]1CCN1CC=C)CC1(CCOc3cc(Cl)ccc31)CO2. The Morgan fingerprint density at radius 3 is 2.69 bits per heavy atom. The number of halogens is 1. The van der Waals surface area contributed by atoms with Crippen molar-refractivity contribution in [2.24, 2.45) is 5.92 Å². The molecule has 0 aromatic heterocycles. The van der Waals surface area contributed by atoms with Gasteiger partial charge in [0.1, 0.15) is 11.5 Å². The van der Waals surface area contributed by atoms with Gasteiger partial charge in [-0.15, -0.1) is 13.2 Å². The van der Waals surface area contributed by atoms with E-state index in [1.54, 1.807) is 31.2 Å². The maximum atomic E-state index is 13.3. The standard InChI is InChI=1S/C32H40ClN3O5S/c1-5-7-22(3)23(4)42(38,39)34-31(37)24-8-11-29-28(17-24)36(19-26-12-15-35(26)14-6-2)20-32(21-41-29)13-16-40-30-18-25(33)9-10-27(30)32/h5-6,8-11,17-18,22-23,26H,1-2,7,12-16,19-21H2,3-4H3,(H,34,37)/t22?,23?,26-,32?/m0/s1. The summed E-state index contributed by atoms with van der Waals surface area (Å²) in [6.45, 7) is 15.2. The highest BCUT2D eigenvalue weighted by molar-refractivity contribution is 7.90. The summed E-state index contributed by atoms with van der Waals surface area (Å²) in [4.78, 5) is 18.0. The van der Waals surface area contributed by atoms with Gasteiger partial charge in [0.05, 0.1) is 29.6 Å². The summed E-state index contributed by atoms with van der Waals surface area (Å²) in [7, 11) is -3.89. The number of hydrogen-bond donors (Lipinski definition) is 1. The van der Waals surface area contributed by atoms with Gasteiger partial charge in [-0.1, -0.05) is 36.7 Å². The summed E-state index contributed by atoms with van der Waals surface area (Å²) in [6.07, 6.45) is 5.97. The first-order chi connectivity index (χ1) is 20.1. The van der Waals surface area contributed by atoms with Gasteiger partial charge in [-0.2, -0.15) is 0 Å². The van der Waals surface area contributed by atoms with Crippen LogP contribution in [0.2, 0.25) is 5.02 Å². The molecule has 0 radical (unpaired) electrons. The highest BCUT2D eigenvalue weighted by Gasteiger charge is 2.44. The van der Waals surface area contributed by atoms with E-state index in [0.717, 1.165) is 49.5 Å². The van der Waals surface area contributed by atoms with E-state index in [2.05, 4.69) is 27.7 Å². The molecule has 42 heavy (non-hydrogen) atoms. The number of carbonyl (C=O) groups is 1. The number of carbonyl (C=O) groups excluding carboxylic acids is 1. The molecule has 0 aliphatic carbocycles. The molecule has 1 amide bonds. The molecule has 10 heteroatoms. The molecule has 4 atom stereocenters. The largest absolute Gasteiger partial charge is 0.493 e.